The Bertz CT molecular complexity index is 1720. The quantitative estimate of drug-likeness (QED) is 0.150. The molecule has 0 bridgehead atoms. The fourth-order valence-electron chi connectivity index (χ4n) is 5.13. The van der Waals surface area contributed by atoms with Gasteiger partial charge in [0.15, 0.2) is 0 Å². The molecule has 0 aliphatic heterocycles. The summed E-state index contributed by atoms with van der Waals surface area (Å²) in [7, 11) is 0. The van der Waals surface area contributed by atoms with Gasteiger partial charge >= 0.3 is 0 Å². The molecule has 0 aliphatic carbocycles. The lowest BCUT2D eigenvalue weighted by atomic mass is 9.97. The molecular weight excluding hydrogens is 674 g/mol. The van der Waals surface area contributed by atoms with Crippen LogP contribution in [0.25, 0.3) is 0 Å². The molecule has 0 unspecified atom stereocenters. The van der Waals surface area contributed by atoms with Gasteiger partial charge in [0.05, 0.1) is 20.1 Å². The summed E-state index contributed by atoms with van der Waals surface area (Å²) in [6.45, 7) is 0. The molecule has 4 aromatic carbocycles. The highest BCUT2D eigenvalue weighted by atomic mass is 35.5. The molecule has 0 spiro atoms. The van der Waals surface area contributed by atoms with Crippen LogP contribution in [0.4, 0.5) is 0 Å². The van der Waals surface area contributed by atoms with Crippen LogP contribution < -0.4 is 0 Å². The van der Waals surface area contributed by atoms with E-state index in [9.17, 15) is 0 Å². The van der Waals surface area contributed by atoms with Gasteiger partial charge in [0.2, 0.25) is 0 Å². The second-order valence-corrected chi connectivity index (χ2v) is 12.9. The summed E-state index contributed by atoms with van der Waals surface area (Å²) >= 11 is 26.9. The Labute approximate surface area is 287 Å². The van der Waals surface area contributed by atoms with Crippen LogP contribution in [0, 0.1) is 0 Å². The van der Waals surface area contributed by atoms with E-state index in [1.165, 1.54) is 32.0 Å². The molecule has 6 aromatic rings. The van der Waals surface area contributed by atoms with Gasteiger partial charge in [0, 0.05) is 47.4 Å². The van der Waals surface area contributed by atoms with Crippen molar-refractivity contribution in [1.82, 2.24) is 19.9 Å². The van der Waals surface area contributed by atoms with E-state index in [4.69, 9.17) is 46.4 Å². The lowest BCUT2D eigenvalue weighted by Gasteiger charge is -2.18. The Balaban J connectivity index is 0.00000384. The Kier molecular flexibility index (Phi) is 11.0. The number of aromatic nitrogens is 4. The van der Waals surface area contributed by atoms with Crippen molar-refractivity contribution < 1.29 is 0 Å². The smallest absolute Gasteiger partial charge is 0.110 e. The van der Waals surface area contributed by atoms with E-state index in [-0.39, 0.29) is 12.4 Å². The van der Waals surface area contributed by atoms with Crippen LogP contribution in [0.5, 0.6) is 0 Å². The first kappa shape index (κ1) is 32.5. The number of hydrogen-bond acceptors (Lipinski definition) is 3. The Hall–Kier alpha value is -2.90. The third kappa shape index (κ3) is 7.84. The third-order valence-electron chi connectivity index (χ3n) is 7.24. The van der Waals surface area contributed by atoms with Gasteiger partial charge in [-0.05, 0) is 82.6 Å². The van der Waals surface area contributed by atoms with Gasteiger partial charge in [-0.2, -0.15) is 0 Å². The van der Waals surface area contributed by atoms with E-state index >= 15 is 0 Å². The second-order valence-electron chi connectivity index (χ2n) is 10.2. The highest BCUT2D eigenvalue weighted by molar-refractivity contribution is 7.99. The number of imidazole rings is 2. The molecular formula is C34H27Cl5N4S. The van der Waals surface area contributed by atoms with E-state index in [1.807, 2.05) is 48.8 Å². The van der Waals surface area contributed by atoms with Crippen molar-refractivity contribution in [1.29, 1.82) is 0 Å². The minimum atomic E-state index is 0. The van der Waals surface area contributed by atoms with Crippen LogP contribution in [0.2, 0.25) is 20.1 Å². The summed E-state index contributed by atoms with van der Waals surface area (Å²) in [5, 5.41) is 2.21. The standard InChI is InChI=1S/C34H26Cl4N4S.ClH/c35-27-9-7-21(17-29(27)37)15-23-3-1-5-31(25(23)19-33-39-11-12-40-33)43-32-6-2-4-24(26(32)20-34-41-13-14-42-34)16-22-8-10-28(36)30(38)18-22;/h1-14,17-18H,15-16,19-20H2,(H,39,40)(H,41,42);1H. The zero-order chi connectivity index (χ0) is 29.8. The zero-order valence-electron chi connectivity index (χ0n) is 23.3. The minimum absolute atomic E-state index is 0. The normalized spacial score (nSPS) is 11.0. The lowest BCUT2D eigenvalue weighted by Crippen LogP contribution is -2.03. The predicted octanol–water partition coefficient (Wildman–Crippen LogP) is 10.7. The molecule has 2 aromatic heterocycles. The molecule has 0 saturated carbocycles. The number of halogens is 5. The van der Waals surface area contributed by atoms with Crippen LogP contribution in [0.15, 0.2) is 107 Å². The van der Waals surface area contributed by atoms with Crippen molar-refractivity contribution in [3.8, 4) is 0 Å². The number of nitrogens with zero attached hydrogens (tertiary/aromatic N) is 2. The minimum Gasteiger partial charge on any atom is -0.348 e. The first-order valence-electron chi connectivity index (χ1n) is 13.7. The molecule has 4 nitrogen and oxygen atoms in total. The lowest BCUT2D eigenvalue weighted by molar-refractivity contribution is 0.960. The summed E-state index contributed by atoms with van der Waals surface area (Å²) in [4.78, 5) is 18.0. The average molecular weight is 701 g/mol. The maximum Gasteiger partial charge on any atom is 0.110 e. The molecule has 44 heavy (non-hydrogen) atoms. The zero-order valence-corrected chi connectivity index (χ0v) is 27.9. The molecule has 10 heteroatoms. The van der Waals surface area contributed by atoms with Crippen LogP contribution in [0.1, 0.15) is 45.0 Å². The van der Waals surface area contributed by atoms with Crippen molar-refractivity contribution >= 4 is 70.6 Å². The Morgan fingerprint density at radius 3 is 1.39 bits per heavy atom. The van der Waals surface area contributed by atoms with Gasteiger partial charge in [-0.25, -0.2) is 9.97 Å². The van der Waals surface area contributed by atoms with Gasteiger partial charge in [-0.1, -0.05) is 94.6 Å². The van der Waals surface area contributed by atoms with Crippen molar-refractivity contribution in [2.75, 3.05) is 0 Å². The number of hydrogen-bond donors (Lipinski definition) is 2. The molecule has 6 rings (SSSR count). The predicted molar refractivity (Wildman–Crippen MR) is 186 cm³/mol. The van der Waals surface area contributed by atoms with Gasteiger partial charge in [-0.3, -0.25) is 0 Å². The topological polar surface area (TPSA) is 57.4 Å². The first-order valence-corrected chi connectivity index (χ1v) is 16.0. The maximum absolute atomic E-state index is 6.37. The van der Waals surface area contributed by atoms with Crippen LogP contribution in [-0.4, -0.2) is 19.9 Å². The van der Waals surface area contributed by atoms with Crippen molar-refractivity contribution in [2.24, 2.45) is 0 Å². The summed E-state index contributed by atoms with van der Waals surface area (Å²) in [6.07, 6.45) is 10.1. The van der Waals surface area contributed by atoms with Gasteiger partial charge in [0.1, 0.15) is 11.6 Å². The number of aromatic amines is 2. The molecule has 0 saturated heterocycles. The molecule has 224 valence electrons. The highest BCUT2D eigenvalue weighted by Gasteiger charge is 2.17. The SMILES string of the molecule is Cl.Clc1ccc(Cc2cccc(Sc3cccc(Cc4ccc(Cl)c(Cl)c4)c3Cc3ncc[nH]3)c2Cc2ncc[nH]2)cc1Cl. The molecule has 0 atom stereocenters. The average Bonchev–Trinajstić information content (AvgIpc) is 3.71. The highest BCUT2D eigenvalue weighted by Crippen LogP contribution is 2.38. The number of benzene rings is 4. The summed E-state index contributed by atoms with van der Waals surface area (Å²) in [6, 6.07) is 24.6. The van der Waals surface area contributed by atoms with Crippen LogP contribution in [-0.2, 0) is 25.7 Å². The molecule has 2 N–H and O–H groups in total. The molecule has 0 aliphatic rings. The number of nitrogens with one attached hydrogen (secondary N) is 2. The van der Waals surface area contributed by atoms with Gasteiger partial charge in [-0.15, -0.1) is 12.4 Å². The fraction of sp³-hybridized carbons (Fsp3) is 0.118. The van der Waals surface area contributed by atoms with Crippen molar-refractivity contribution in [3.63, 3.8) is 0 Å². The Morgan fingerprint density at radius 1 is 0.545 bits per heavy atom. The largest absolute Gasteiger partial charge is 0.348 e. The molecule has 0 radical (unpaired) electrons. The van der Waals surface area contributed by atoms with E-state index in [0.717, 1.165) is 35.6 Å². The molecule has 0 amide bonds. The monoisotopic (exact) mass is 698 g/mol. The van der Waals surface area contributed by atoms with E-state index in [2.05, 4.69) is 56.3 Å². The van der Waals surface area contributed by atoms with Crippen LogP contribution >= 0.6 is 70.6 Å². The number of rotatable bonds is 10. The van der Waals surface area contributed by atoms with Gasteiger partial charge in [0.25, 0.3) is 0 Å². The van der Waals surface area contributed by atoms with E-state index < -0.39 is 0 Å². The van der Waals surface area contributed by atoms with Gasteiger partial charge < -0.3 is 9.97 Å². The molecule has 2 heterocycles. The van der Waals surface area contributed by atoms with E-state index in [1.54, 1.807) is 24.2 Å². The molecule has 0 fully saturated rings. The summed E-state index contributed by atoms with van der Waals surface area (Å²) in [5.74, 6) is 1.82. The summed E-state index contributed by atoms with van der Waals surface area (Å²) < 4.78 is 0. The second kappa shape index (κ2) is 14.9. The summed E-state index contributed by atoms with van der Waals surface area (Å²) in [5.41, 5.74) is 7.04. The maximum atomic E-state index is 6.37. The van der Waals surface area contributed by atoms with Crippen molar-refractivity contribution in [3.05, 3.63) is 163 Å². The number of H-pyrrole nitrogens is 2. The first-order chi connectivity index (χ1) is 20.9. The Morgan fingerprint density at radius 2 is 1.00 bits per heavy atom. The van der Waals surface area contributed by atoms with E-state index in [0.29, 0.717) is 32.9 Å². The van der Waals surface area contributed by atoms with Crippen molar-refractivity contribution in [2.45, 2.75) is 35.5 Å². The van der Waals surface area contributed by atoms with Crippen LogP contribution in [0.3, 0.4) is 0 Å². The fourth-order valence-corrected chi connectivity index (χ4v) is 6.95. The third-order valence-corrected chi connectivity index (χ3v) is 9.92.